The van der Waals surface area contributed by atoms with Gasteiger partial charge in [0.1, 0.15) is 11.8 Å². The number of carbonyl (C=O) groups is 4. The summed E-state index contributed by atoms with van der Waals surface area (Å²) in [4.78, 5) is 58.5. The van der Waals surface area contributed by atoms with Gasteiger partial charge in [0.25, 0.3) is 11.8 Å². The van der Waals surface area contributed by atoms with Gasteiger partial charge in [0.05, 0.1) is 13.2 Å². The minimum absolute atomic E-state index is 0.114. The summed E-state index contributed by atoms with van der Waals surface area (Å²) in [7, 11) is 0. The summed E-state index contributed by atoms with van der Waals surface area (Å²) in [5.41, 5.74) is 10.3. The van der Waals surface area contributed by atoms with Gasteiger partial charge in [-0.25, -0.2) is 24.5 Å². The maximum absolute atomic E-state index is 12.2. The molecule has 12 heteroatoms. The first-order valence-corrected chi connectivity index (χ1v) is 8.29. The molecule has 0 fully saturated rings. The quantitative estimate of drug-likeness (QED) is 0.401. The molecule has 0 saturated heterocycles. The minimum atomic E-state index is -0.978. The number of nitrogens with one attached hydrogen (secondary N) is 1. The number of hydrogen-bond donors (Lipinski definition) is 3. The second kappa shape index (κ2) is 9.94. The van der Waals surface area contributed by atoms with Crippen molar-refractivity contribution in [2.75, 3.05) is 24.7 Å². The lowest BCUT2D eigenvalue weighted by Crippen LogP contribution is -2.40. The van der Waals surface area contributed by atoms with Crippen molar-refractivity contribution >= 4 is 41.1 Å². The summed E-state index contributed by atoms with van der Waals surface area (Å²) in [6, 6.07) is -0.965. The second-order valence-corrected chi connectivity index (χ2v) is 5.36. The highest BCUT2D eigenvalue weighted by atomic mass is 16.5. The standard InChI is InChI=1S/C16H22N6O6/c1-5-27-15(25)7(3)19-13(23)9-11(17)22-10(12(18)21-9)14(24)20-8(4)16(26)28-6-2/h7H,5-6H2,1-4H3,(H2,18,21)(H2,17,22)(H,19,23)/b20-8+/t7-/m1/s1. The van der Waals surface area contributed by atoms with Crippen molar-refractivity contribution in [3.63, 3.8) is 0 Å². The highest BCUT2D eigenvalue weighted by Crippen LogP contribution is 2.14. The molecule has 0 spiro atoms. The van der Waals surface area contributed by atoms with Crippen LogP contribution in [0.5, 0.6) is 0 Å². The zero-order chi connectivity index (χ0) is 21.4. The van der Waals surface area contributed by atoms with Crippen molar-refractivity contribution in [3.05, 3.63) is 11.4 Å². The Kier molecular flexibility index (Phi) is 7.98. The van der Waals surface area contributed by atoms with E-state index in [4.69, 9.17) is 20.9 Å². The fourth-order valence-corrected chi connectivity index (χ4v) is 1.86. The summed E-state index contributed by atoms with van der Waals surface area (Å²) in [5.74, 6) is -4.06. The number of ether oxygens (including phenoxy) is 2. The van der Waals surface area contributed by atoms with Crippen LogP contribution in [0.15, 0.2) is 4.99 Å². The number of hydrogen-bond acceptors (Lipinski definition) is 10. The summed E-state index contributed by atoms with van der Waals surface area (Å²) in [6.07, 6.45) is 0. The molecule has 1 aromatic rings. The van der Waals surface area contributed by atoms with Gasteiger partial charge in [-0.05, 0) is 27.7 Å². The Morgan fingerprint density at radius 3 is 2.14 bits per heavy atom. The Labute approximate surface area is 160 Å². The lowest BCUT2D eigenvalue weighted by Gasteiger charge is -2.13. The average molecular weight is 394 g/mol. The molecule has 0 saturated carbocycles. The van der Waals surface area contributed by atoms with Crippen molar-refractivity contribution in [2.24, 2.45) is 4.99 Å². The van der Waals surface area contributed by atoms with Crippen LogP contribution in [0.3, 0.4) is 0 Å². The number of anilines is 2. The topological polar surface area (TPSA) is 189 Å². The van der Waals surface area contributed by atoms with Gasteiger partial charge < -0.3 is 26.3 Å². The number of amides is 2. The van der Waals surface area contributed by atoms with Crippen LogP contribution in [0, 0.1) is 0 Å². The Hall–Kier alpha value is -3.57. The molecule has 1 heterocycles. The lowest BCUT2D eigenvalue weighted by molar-refractivity contribution is -0.144. The molecule has 0 aliphatic heterocycles. The number of nitrogens with two attached hydrogens (primary N) is 2. The monoisotopic (exact) mass is 394 g/mol. The molecular weight excluding hydrogens is 372 g/mol. The van der Waals surface area contributed by atoms with E-state index in [1.165, 1.54) is 13.8 Å². The molecule has 1 rings (SSSR count). The highest BCUT2D eigenvalue weighted by Gasteiger charge is 2.24. The predicted molar refractivity (Wildman–Crippen MR) is 98.5 cm³/mol. The molecule has 0 unspecified atom stereocenters. The second-order valence-electron chi connectivity index (χ2n) is 5.36. The fourth-order valence-electron chi connectivity index (χ4n) is 1.86. The van der Waals surface area contributed by atoms with Gasteiger partial charge in [0, 0.05) is 0 Å². The molecule has 0 aromatic carbocycles. The Bertz CT molecular complexity index is 822. The van der Waals surface area contributed by atoms with Gasteiger partial charge in [-0.1, -0.05) is 0 Å². The van der Waals surface area contributed by atoms with Gasteiger partial charge in [-0.2, -0.15) is 0 Å². The van der Waals surface area contributed by atoms with E-state index >= 15 is 0 Å². The molecule has 0 bridgehead atoms. The third-order valence-electron chi connectivity index (χ3n) is 3.20. The molecule has 1 aromatic heterocycles. The van der Waals surface area contributed by atoms with Crippen LogP contribution < -0.4 is 16.8 Å². The number of rotatable bonds is 7. The molecule has 152 valence electrons. The van der Waals surface area contributed by atoms with Crippen LogP contribution in [0.1, 0.15) is 48.7 Å². The van der Waals surface area contributed by atoms with E-state index in [2.05, 4.69) is 20.3 Å². The number of esters is 2. The number of aromatic nitrogens is 2. The van der Waals surface area contributed by atoms with Crippen LogP contribution in [-0.2, 0) is 19.1 Å². The molecular formula is C16H22N6O6. The first-order valence-electron chi connectivity index (χ1n) is 8.29. The molecule has 28 heavy (non-hydrogen) atoms. The number of aliphatic imine (C=N–C) groups is 1. The first-order chi connectivity index (χ1) is 13.1. The van der Waals surface area contributed by atoms with Crippen molar-refractivity contribution < 1.29 is 28.7 Å². The largest absolute Gasteiger partial charge is 0.464 e. The van der Waals surface area contributed by atoms with E-state index in [1.807, 2.05) is 0 Å². The van der Waals surface area contributed by atoms with Crippen molar-refractivity contribution in [1.82, 2.24) is 15.3 Å². The molecule has 0 aliphatic carbocycles. The normalized spacial score (nSPS) is 12.1. The molecule has 12 nitrogen and oxygen atoms in total. The van der Waals surface area contributed by atoms with Crippen LogP contribution in [-0.4, -0.2) is 58.7 Å². The lowest BCUT2D eigenvalue weighted by atomic mass is 10.3. The number of nitrogen functional groups attached to an aromatic ring is 2. The van der Waals surface area contributed by atoms with E-state index in [9.17, 15) is 19.2 Å². The Morgan fingerprint density at radius 1 is 1.04 bits per heavy atom. The third kappa shape index (κ3) is 5.72. The van der Waals surface area contributed by atoms with Crippen LogP contribution >= 0.6 is 0 Å². The van der Waals surface area contributed by atoms with Crippen LogP contribution in [0.4, 0.5) is 11.6 Å². The van der Waals surface area contributed by atoms with E-state index < -0.39 is 47.1 Å². The zero-order valence-electron chi connectivity index (χ0n) is 15.9. The summed E-state index contributed by atoms with van der Waals surface area (Å²) < 4.78 is 9.49. The molecule has 2 amide bonds. The number of carbonyl (C=O) groups excluding carboxylic acids is 4. The Balaban J connectivity index is 3.05. The van der Waals surface area contributed by atoms with Crippen LogP contribution in [0.25, 0.3) is 0 Å². The van der Waals surface area contributed by atoms with E-state index in [0.717, 1.165) is 0 Å². The van der Waals surface area contributed by atoms with Gasteiger partial charge in [-0.15, -0.1) is 0 Å². The SMILES string of the molecule is CCOC(=O)/C(C)=N/C(=O)c1nc(N)c(C(=O)N[C@H](C)C(=O)OCC)nc1N. The molecule has 0 aliphatic rings. The predicted octanol–water partition coefficient (Wildman–Crippen LogP) is -0.513. The maximum Gasteiger partial charge on any atom is 0.352 e. The highest BCUT2D eigenvalue weighted by molar-refractivity contribution is 6.37. The van der Waals surface area contributed by atoms with Gasteiger partial charge in [-0.3, -0.25) is 9.59 Å². The molecule has 0 radical (unpaired) electrons. The molecule has 1 atom stereocenters. The van der Waals surface area contributed by atoms with Gasteiger partial charge in [0.15, 0.2) is 23.0 Å². The van der Waals surface area contributed by atoms with Crippen molar-refractivity contribution in [1.29, 1.82) is 0 Å². The maximum atomic E-state index is 12.2. The zero-order valence-corrected chi connectivity index (χ0v) is 15.9. The van der Waals surface area contributed by atoms with E-state index in [0.29, 0.717) is 0 Å². The summed E-state index contributed by atoms with van der Waals surface area (Å²) in [5, 5.41) is 2.33. The van der Waals surface area contributed by atoms with E-state index in [-0.39, 0.29) is 24.6 Å². The first kappa shape index (κ1) is 22.5. The fraction of sp³-hybridized carbons (Fsp3) is 0.438. The van der Waals surface area contributed by atoms with Crippen molar-refractivity contribution in [3.8, 4) is 0 Å². The minimum Gasteiger partial charge on any atom is -0.464 e. The van der Waals surface area contributed by atoms with Gasteiger partial charge >= 0.3 is 11.9 Å². The van der Waals surface area contributed by atoms with Crippen LogP contribution in [0.2, 0.25) is 0 Å². The van der Waals surface area contributed by atoms with E-state index in [1.54, 1.807) is 13.8 Å². The Morgan fingerprint density at radius 2 is 1.57 bits per heavy atom. The average Bonchev–Trinajstić information content (AvgIpc) is 2.63. The van der Waals surface area contributed by atoms with Crippen molar-refractivity contribution in [2.45, 2.75) is 33.7 Å². The van der Waals surface area contributed by atoms with Gasteiger partial charge in [0.2, 0.25) is 0 Å². The summed E-state index contributed by atoms with van der Waals surface area (Å²) >= 11 is 0. The number of nitrogens with zero attached hydrogens (tertiary/aromatic N) is 3. The third-order valence-corrected chi connectivity index (χ3v) is 3.20. The summed E-state index contributed by atoms with van der Waals surface area (Å²) in [6.45, 7) is 6.18. The smallest absolute Gasteiger partial charge is 0.352 e. The molecule has 5 N–H and O–H groups in total.